The minimum absolute atomic E-state index is 0.234. The summed E-state index contributed by atoms with van der Waals surface area (Å²) in [6.45, 7) is 4.18. The third-order valence-electron chi connectivity index (χ3n) is 6.22. The zero-order chi connectivity index (χ0) is 15.9. The topological polar surface area (TPSA) is 30.9 Å². The van der Waals surface area contributed by atoms with Gasteiger partial charge in [-0.2, -0.15) is 0 Å². The standard InChI is InChI=1S/C19H27NO3/c1-21-15-3-4-16-17(11-15)19(12-18(16)22-2)6-8-20(9-7-19)14-5-10-23-13-14/h3-4,11,14,18H,5-10,12-13H2,1-2H3/t14-,18+/m1/s1. The van der Waals surface area contributed by atoms with Crippen LogP contribution in [-0.4, -0.2) is 51.5 Å². The smallest absolute Gasteiger partial charge is 0.119 e. The summed E-state index contributed by atoms with van der Waals surface area (Å²) in [5.74, 6) is 0.964. The van der Waals surface area contributed by atoms with E-state index in [-0.39, 0.29) is 11.5 Å². The van der Waals surface area contributed by atoms with Crippen molar-refractivity contribution in [3.8, 4) is 5.75 Å². The van der Waals surface area contributed by atoms with Crippen LogP contribution >= 0.6 is 0 Å². The molecule has 1 aliphatic carbocycles. The van der Waals surface area contributed by atoms with Crippen LogP contribution < -0.4 is 4.74 Å². The summed E-state index contributed by atoms with van der Waals surface area (Å²) in [7, 11) is 3.59. The summed E-state index contributed by atoms with van der Waals surface area (Å²) < 4.78 is 16.8. The molecule has 4 nitrogen and oxygen atoms in total. The van der Waals surface area contributed by atoms with Gasteiger partial charge in [0.05, 0.1) is 19.8 Å². The molecule has 4 heteroatoms. The molecule has 2 aliphatic heterocycles. The van der Waals surface area contributed by atoms with Crippen LogP contribution in [-0.2, 0) is 14.9 Å². The fourth-order valence-corrected chi connectivity index (χ4v) is 4.79. The number of likely N-dealkylation sites (tertiary alicyclic amines) is 1. The molecular formula is C19H27NO3. The minimum Gasteiger partial charge on any atom is -0.497 e. The van der Waals surface area contributed by atoms with E-state index < -0.39 is 0 Å². The Hall–Kier alpha value is -1.10. The molecule has 0 bridgehead atoms. The molecule has 2 heterocycles. The van der Waals surface area contributed by atoms with Gasteiger partial charge in [-0.3, -0.25) is 4.90 Å². The molecule has 23 heavy (non-hydrogen) atoms. The molecule has 0 N–H and O–H groups in total. The van der Waals surface area contributed by atoms with Gasteiger partial charge in [0.25, 0.3) is 0 Å². The number of piperidine rings is 1. The van der Waals surface area contributed by atoms with Gasteiger partial charge in [-0.15, -0.1) is 0 Å². The summed E-state index contributed by atoms with van der Waals surface area (Å²) >= 11 is 0. The monoisotopic (exact) mass is 317 g/mol. The zero-order valence-corrected chi connectivity index (χ0v) is 14.2. The number of methoxy groups -OCH3 is 2. The lowest BCUT2D eigenvalue weighted by molar-refractivity contribution is 0.0575. The van der Waals surface area contributed by atoms with Gasteiger partial charge in [0.1, 0.15) is 5.75 Å². The van der Waals surface area contributed by atoms with E-state index in [1.807, 2.05) is 7.11 Å². The van der Waals surface area contributed by atoms with Crippen molar-refractivity contribution in [3.63, 3.8) is 0 Å². The van der Waals surface area contributed by atoms with Gasteiger partial charge in [-0.25, -0.2) is 0 Å². The summed E-state index contributed by atoms with van der Waals surface area (Å²) in [6.07, 6.45) is 4.96. The molecule has 3 aliphatic rings. The molecule has 0 radical (unpaired) electrons. The highest BCUT2D eigenvalue weighted by Gasteiger charge is 2.46. The van der Waals surface area contributed by atoms with Gasteiger partial charge in [0, 0.05) is 25.2 Å². The second-order valence-corrected chi connectivity index (χ2v) is 7.22. The predicted molar refractivity (Wildman–Crippen MR) is 89.1 cm³/mol. The molecule has 2 atom stereocenters. The fourth-order valence-electron chi connectivity index (χ4n) is 4.79. The molecule has 2 saturated heterocycles. The molecule has 0 unspecified atom stereocenters. The van der Waals surface area contributed by atoms with Gasteiger partial charge < -0.3 is 14.2 Å². The lowest BCUT2D eigenvalue weighted by Gasteiger charge is -2.42. The molecule has 2 fully saturated rings. The van der Waals surface area contributed by atoms with E-state index in [2.05, 4.69) is 23.1 Å². The van der Waals surface area contributed by atoms with Gasteiger partial charge in [-0.05, 0) is 62.0 Å². The van der Waals surface area contributed by atoms with Gasteiger partial charge >= 0.3 is 0 Å². The third-order valence-corrected chi connectivity index (χ3v) is 6.22. The van der Waals surface area contributed by atoms with Crippen molar-refractivity contribution < 1.29 is 14.2 Å². The molecular weight excluding hydrogens is 290 g/mol. The van der Waals surface area contributed by atoms with E-state index in [0.717, 1.165) is 25.4 Å². The molecule has 0 amide bonds. The highest BCUT2D eigenvalue weighted by molar-refractivity contribution is 5.46. The Balaban J connectivity index is 1.58. The van der Waals surface area contributed by atoms with Gasteiger partial charge in [0.15, 0.2) is 0 Å². The predicted octanol–water partition coefficient (Wildman–Crippen LogP) is 2.91. The number of hydrogen-bond donors (Lipinski definition) is 0. The van der Waals surface area contributed by atoms with Crippen molar-refractivity contribution in [3.05, 3.63) is 29.3 Å². The van der Waals surface area contributed by atoms with E-state index in [9.17, 15) is 0 Å². The molecule has 4 rings (SSSR count). The normalized spacial score (nSPS) is 29.8. The second-order valence-electron chi connectivity index (χ2n) is 7.22. The van der Waals surface area contributed by atoms with Gasteiger partial charge in [0.2, 0.25) is 0 Å². The Morgan fingerprint density at radius 2 is 2.04 bits per heavy atom. The summed E-state index contributed by atoms with van der Waals surface area (Å²) in [5, 5.41) is 0. The first-order valence-corrected chi connectivity index (χ1v) is 8.79. The van der Waals surface area contributed by atoms with Crippen LogP contribution in [0.2, 0.25) is 0 Å². The Kier molecular flexibility index (Phi) is 4.08. The van der Waals surface area contributed by atoms with Crippen LogP contribution in [0.1, 0.15) is 42.9 Å². The maximum absolute atomic E-state index is 5.79. The third kappa shape index (κ3) is 2.57. The fraction of sp³-hybridized carbons (Fsp3) is 0.684. The molecule has 0 aromatic heterocycles. The Morgan fingerprint density at radius 3 is 2.70 bits per heavy atom. The lowest BCUT2D eigenvalue weighted by Crippen LogP contribution is -2.46. The first kappa shape index (κ1) is 15.4. The van der Waals surface area contributed by atoms with E-state index >= 15 is 0 Å². The number of hydrogen-bond acceptors (Lipinski definition) is 4. The van der Waals surface area contributed by atoms with Crippen LogP contribution in [0.15, 0.2) is 18.2 Å². The summed E-state index contributed by atoms with van der Waals surface area (Å²) in [4.78, 5) is 2.64. The molecule has 126 valence electrons. The average molecular weight is 317 g/mol. The number of fused-ring (bicyclic) bond motifs is 2. The van der Waals surface area contributed by atoms with Crippen LogP contribution in [0.4, 0.5) is 0 Å². The zero-order valence-electron chi connectivity index (χ0n) is 14.2. The van der Waals surface area contributed by atoms with Crippen molar-refractivity contribution in [1.29, 1.82) is 0 Å². The van der Waals surface area contributed by atoms with Crippen molar-refractivity contribution in [2.75, 3.05) is 40.5 Å². The second kappa shape index (κ2) is 6.08. The van der Waals surface area contributed by atoms with E-state index in [1.54, 1.807) is 7.11 Å². The van der Waals surface area contributed by atoms with Crippen molar-refractivity contribution in [2.45, 2.75) is 43.2 Å². The molecule has 1 aromatic rings. The van der Waals surface area contributed by atoms with E-state index in [1.165, 1.54) is 43.5 Å². The van der Waals surface area contributed by atoms with E-state index in [4.69, 9.17) is 14.2 Å². The maximum atomic E-state index is 5.79. The van der Waals surface area contributed by atoms with Crippen LogP contribution in [0.25, 0.3) is 0 Å². The molecule has 0 saturated carbocycles. The van der Waals surface area contributed by atoms with Crippen LogP contribution in [0.5, 0.6) is 5.75 Å². The van der Waals surface area contributed by atoms with Crippen molar-refractivity contribution in [1.82, 2.24) is 4.90 Å². The highest BCUT2D eigenvalue weighted by atomic mass is 16.5. The average Bonchev–Trinajstić information content (AvgIpc) is 3.23. The Bertz CT molecular complexity index is 560. The van der Waals surface area contributed by atoms with Crippen molar-refractivity contribution >= 4 is 0 Å². The maximum Gasteiger partial charge on any atom is 0.119 e. The number of rotatable bonds is 3. The molecule has 1 spiro atoms. The SMILES string of the molecule is COc1ccc2c(c1)C1(CCN([C@@H]3CCOC3)CC1)C[C@@H]2OC. The first-order valence-electron chi connectivity index (χ1n) is 8.79. The van der Waals surface area contributed by atoms with Gasteiger partial charge in [-0.1, -0.05) is 6.07 Å². The lowest BCUT2D eigenvalue weighted by atomic mass is 9.73. The largest absolute Gasteiger partial charge is 0.497 e. The Morgan fingerprint density at radius 1 is 1.22 bits per heavy atom. The first-order chi connectivity index (χ1) is 11.3. The van der Waals surface area contributed by atoms with Crippen LogP contribution in [0, 0.1) is 0 Å². The number of nitrogens with zero attached hydrogens (tertiary/aromatic N) is 1. The highest BCUT2D eigenvalue weighted by Crippen LogP contribution is 2.52. The molecule has 1 aromatic carbocycles. The Labute approximate surface area is 138 Å². The van der Waals surface area contributed by atoms with Crippen LogP contribution in [0.3, 0.4) is 0 Å². The number of ether oxygens (including phenoxy) is 3. The number of benzene rings is 1. The van der Waals surface area contributed by atoms with E-state index in [0.29, 0.717) is 6.04 Å². The quantitative estimate of drug-likeness (QED) is 0.858. The summed E-state index contributed by atoms with van der Waals surface area (Å²) in [6, 6.07) is 7.16. The summed E-state index contributed by atoms with van der Waals surface area (Å²) in [5.41, 5.74) is 3.09. The van der Waals surface area contributed by atoms with Crippen molar-refractivity contribution in [2.24, 2.45) is 0 Å². The minimum atomic E-state index is 0.234.